The molecule has 0 bridgehead atoms. The second-order valence-electron chi connectivity index (χ2n) is 5.13. The molecule has 2 amide bonds. The topological polar surface area (TPSA) is 55.8 Å². The highest BCUT2D eigenvalue weighted by atomic mass is 16.7. The van der Waals surface area contributed by atoms with Crippen molar-refractivity contribution >= 4 is 11.8 Å². The summed E-state index contributed by atoms with van der Waals surface area (Å²) >= 11 is 0. The van der Waals surface area contributed by atoms with E-state index in [0.717, 1.165) is 25.7 Å². The first kappa shape index (κ1) is 13.7. The Morgan fingerprint density at radius 3 is 2.14 bits per heavy atom. The maximum absolute atomic E-state index is 12.1. The molecule has 0 saturated carbocycles. The molecule has 0 N–H and O–H groups in total. The van der Waals surface area contributed by atoms with Gasteiger partial charge in [0, 0.05) is 13.0 Å². The first-order valence-electron chi connectivity index (χ1n) is 7.18. The summed E-state index contributed by atoms with van der Waals surface area (Å²) in [5.41, 5.74) is 1.03. The Balaban J connectivity index is 1.44. The van der Waals surface area contributed by atoms with Crippen LogP contribution < -0.4 is 0 Å². The van der Waals surface area contributed by atoms with Crippen LogP contribution >= 0.6 is 0 Å². The predicted molar refractivity (Wildman–Crippen MR) is 75.4 cm³/mol. The molecular weight excluding hydrogens is 270 g/mol. The number of imide groups is 1. The van der Waals surface area contributed by atoms with Crippen molar-refractivity contribution in [2.75, 3.05) is 6.54 Å². The van der Waals surface area contributed by atoms with Crippen molar-refractivity contribution in [3.8, 4) is 0 Å². The molecule has 0 aliphatic carbocycles. The zero-order chi connectivity index (χ0) is 14.7. The monoisotopic (exact) mass is 287 g/mol. The van der Waals surface area contributed by atoms with Gasteiger partial charge < -0.3 is 9.47 Å². The second-order valence-corrected chi connectivity index (χ2v) is 5.13. The Morgan fingerprint density at radius 1 is 0.905 bits per heavy atom. The minimum absolute atomic E-state index is 0.177. The quantitative estimate of drug-likeness (QED) is 0.596. The van der Waals surface area contributed by atoms with Crippen LogP contribution in [0.3, 0.4) is 0 Å². The van der Waals surface area contributed by atoms with E-state index < -0.39 is 0 Å². The predicted octanol–water partition coefficient (Wildman–Crippen LogP) is 2.69. The Labute approximate surface area is 123 Å². The molecule has 5 nitrogen and oxygen atoms in total. The molecule has 0 radical (unpaired) electrons. The summed E-state index contributed by atoms with van der Waals surface area (Å²) in [6, 6.07) is 6.97. The summed E-state index contributed by atoms with van der Waals surface area (Å²) in [5.74, 6) is -0.357. The van der Waals surface area contributed by atoms with E-state index in [4.69, 9.17) is 9.47 Å². The van der Waals surface area contributed by atoms with Gasteiger partial charge in [-0.25, -0.2) is 0 Å². The summed E-state index contributed by atoms with van der Waals surface area (Å²) in [6.45, 7) is 0.469. The maximum atomic E-state index is 12.1. The van der Waals surface area contributed by atoms with Crippen LogP contribution in [0.5, 0.6) is 0 Å². The smallest absolute Gasteiger partial charge is 0.261 e. The van der Waals surface area contributed by atoms with E-state index in [2.05, 4.69) is 0 Å². The van der Waals surface area contributed by atoms with Crippen molar-refractivity contribution in [2.45, 2.75) is 32.0 Å². The maximum Gasteiger partial charge on any atom is 0.261 e. The molecule has 2 aliphatic heterocycles. The molecule has 21 heavy (non-hydrogen) atoms. The minimum atomic E-state index is -0.178. The van der Waals surface area contributed by atoms with Gasteiger partial charge in [-0.2, -0.15) is 0 Å². The molecule has 1 aromatic rings. The molecule has 0 fully saturated rings. The van der Waals surface area contributed by atoms with E-state index in [1.165, 1.54) is 4.90 Å². The van der Waals surface area contributed by atoms with Gasteiger partial charge in [-0.05, 0) is 25.0 Å². The summed E-state index contributed by atoms with van der Waals surface area (Å²) in [5, 5.41) is 0. The van der Waals surface area contributed by atoms with Gasteiger partial charge in [0.1, 0.15) is 12.5 Å². The van der Waals surface area contributed by atoms with Crippen molar-refractivity contribution < 1.29 is 19.1 Å². The number of fused-ring (bicyclic) bond motifs is 1. The van der Waals surface area contributed by atoms with E-state index in [9.17, 15) is 9.59 Å². The number of benzene rings is 1. The number of ether oxygens (including phenoxy) is 2. The second kappa shape index (κ2) is 5.99. The largest absolute Gasteiger partial charge is 0.459 e. The van der Waals surface area contributed by atoms with Gasteiger partial charge in [0.15, 0.2) is 0 Å². The molecule has 1 aromatic carbocycles. The molecule has 0 unspecified atom stereocenters. The molecule has 5 heteroatoms. The first-order chi connectivity index (χ1) is 10.3. The fourth-order valence-corrected chi connectivity index (χ4v) is 2.61. The highest BCUT2D eigenvalue weighted by Gasteiger charge is 2.34. The van der Waals surface area contributed by atoms with Crippen LogP contribution in [-0.4, -0.2) is 29.5 Å². The molecular formula is C16H17NO4. The molecule has 3 rings (SSSR count). The summed E-state index contributed by atoms with van der Waals surface area (Å²) in [6.07, 6.45) is 6.39. The van der Waals surface area contributed by atoms with Gasteiger partial charge in [0.05, 0.1) is 11.1 Å². The first-order valence-corrected chi connectivity index (χ1v) is 7.18. The number of amides is 2. The summed E-state index contributed by atoms with van der Waals surface area (Å²) in [4.78, 5) is 25.6. The van der Waals surface area contributed by atoms with Crippen LogP contribution in [0, 0.1) is 0 Å². The number of hydrogen-bond acceptors (Lipinski definition) is 4. The Morgan fingerprint density at radius 2 is 1.52 bits per heavy atom. The van der Waals surface area contributed by atoms with Crippen LogP contribution in [0.25, 0.3) is 0 Å². The zero-order valence-corrected chi connectivity index (χ0v) is 11.7. The number of rotatable bonds is 6. The van der Waals surface area contributed by atoms with Gasteiger partial charge in [0.25, 0.3) is 11.8 Å². The third-order valence-electron chi connectivity index (χ3n) is 3.72. The van der Waals surface area contributed by atoms with E-state index >= 15 is 0 Å². The lowest BCUT2D eigenvalue weighted by Crippen LogP contribution is -2.30. The van der Waals surface area contributed by atoms with Crippen molar-refractivity contribution in [3.63, 3.8) is 0 Å². The van der Waals surface area contributed by atoms with Crippen LogP contribution in [0.4, 0.5) is 0 Å². The van der Waals surface area contributed by atoms with Gasteiger partial charge in [-0.1, -0.05) is 18.6 Å². The number of carbonyl (C=O) groups is 2. The fourth-order valence-electron chi connectivity index (χ4n) is 2.61. The molecule has 0 atom stereocenters. The van der Waals surface area contributed by atoms with E-state index in [-0.39, 0.29) is 18.1 Å². The number of hydrogen-bond donors (Lipinski definition) is 0. The van der Waals surface area contributed by atoms with E-state index in [1.807, 2.05) is 0 Å². The standard InChI is InChI=1S/C16H17NO4/c18-15-12-6-3-4-7-13(12)16(19)17(15)9-5-1-2-8-14-20-10-11-21-14/h3-4,6-7,10-11,14H,1-2,5,8-9H2. The minimum Gasteiger partial charge on any atom is -0.459 e. The highest BCUT2D eigenvalue weighted by molar-refractivity contribution is 6.21. The normalized spacial score (nSPS) is 17.0. The number of nitrogens with zero attached hydrogens (tertiary/aromatic N) is 1. The van der Waals surface area contributed by atoms with Crippen molar-refractivity contribution in [2.24, 2.45) is 0 Å². The molecule has 0 saturated heterocycles. The third kappa shape index (κ3) is 2.77. The Kier molecular flexibility index (Phi) is 3.90. The van der Waals surface area contributed by atoms with Gasteiger partial charge in [-0.15, -0.1) is 0 Å². The molecule has 0 spiro atoms. The van der Waals surface area contributed by atoms with Gasteiger partial charge in [-0.3, -0.25) is 14.5 Å². The van der Waals surface area contributed by atoms with E-state index in [1.54, 1.807) is 36.8 Å². The Bertz CT molecular complexity index is 538. The fraction of sp³-hybridized carbons (Fsp3) is 0.375. The van der Waals surface area contributed by atoms with Gasteiger partial charge >= 0.3 is 0 Å². The van der Waals surface area contributed by atoms with Crippen LogP contribution in [-0.2, 0) is 9.47 Å². The average Bonchev–Trinajstić information content (AvgIpc) is 3.10. The lowest BCUT2D eigenvalue weighted by molar-refractivity contribution is -0.0295. The van der Waals surface area contributed by atoms with Gasteiger partial charge in [0.2, 0.25) is 6.29 Å². The number of carbonyl (C=O) groups excluding carboxylic acids is 2. The van der Waals surface area contributed by atoms with Crippen molar-refractivity contribution in [3.05, 3.63) is 47.9 Å². The highest BCUT2D eigenvalue weighted by Crippen LogP contribution is 2.23. The molecule has 2 heterocycles. The SMILES string of the molecule is O=C1c2ccccc2C(=O)N1CCCCCC1OC=CO1. The van der Waals surface area contributed by atoms with Crippen molar-refractivity contribution in [1.29, 1.82) is 0 Å². The molecule has 110 valence electrons. The van der Waals surface area contributed by atoms with E-state index in [0.29, 0.717) is 17.7 Å². The summed E-state index contributed by atoms with van der Waals surface area (Å²) in [7, 11) is 0. The summed E-state index contributed by atoms with van der Waals surface area (Å²) < 4.78 is 10.4. The number of unbranched alkanes of at least 4 members (excludes halogenated alkanes) is 2. The lowest BCUT2D eigenvalue weighted by atomic mass is 10.1. The van der Waals surface area contributed by atoms with Crippen LogP contribution in [0.15, 0.2) is 36.8 Å². The van der Waals surface area contributed by atoms with Crippen molar-refractivity contribution in [1.82, 2.24) is 4.90 Å². The van der Waals surface area contributed by atoms with Crippen LogP contribution in [0.2, 0.25) is 0 Å². The Hall–Kier alpha value is -2.30. The average molecular weight is 287 g/mol. The van der Waals surface area contributed by atoms with Crippen LogP contribution in [0.1, 0.15) is 46.4 Å². The third-order valence-corrected chi connectivity index (χ3v) is 3.72. The molecule has 0 aromatic heterocycles. The lowest BCUT2D eigenvalue weighted by Gasteiger charge is -2.14. The zero-order valence-electron chi connectivity index (χ0n) is 11.7. The molecule has 2 aliphatic rings.